The fraction of sp³-hybridized carbons (Fsp3) is 0.235. The lowest BCUT2D eigenvalue weighted by molar-refractivity contribution is 0.0695. The lowest BCUT2D eigenvalue weighted by atomic mass is 10.1. The van der Waals surface area contributed by atoms with E-state index in [9.17, 15) is 9.59 Å². The van der Waals surface area contributed by atoms with Crippen LogP contribution in [0.3, 0.4) is 0 Å². The van der Waals surface area contributed by atoms with Gasteiger partial charge in [0.05, 0.1) is 23.2 Å². The zero-order valence-electron chi connectivity index (χ0n) is 23.6. The number of benzene rings is 4. The number of thioether (sulfide) groups is 2. The zero-order valence-corrected chi connectivity index (χ0v) is 28.4. The van der Waals surface area contributed by atoms with Crippen LogP contribution >= 0.6 is 68.3 Å². The van der Waals surface area contributed by atoms with Crippen LogP contribution in [-0.2, 0) is 0 Å². The Hall–Kier alpha value is -2.20. The predicted molar refractivity (Wildman–Crippen MR) is 189 cm³/mol. The van der Waals surface area contributed by atoms with Crippen molar-refractivity contribution in [2.24, 2.45) is 0 Å². The molecule has 0 saturated carbocycles. The second kappa shape index (κ2) is 14.9. The molecular weight excluding hydrogens is 668 g/mol. The Labute approximate surface area is 285 Å². The van der Waals surface area contributed by atoms with Crippen molar-refractivity contribution in [1.82, 2.24) is 9.80 Å². The number of rotatable bonds is 9. The minimum atomic E-state index is -0.0951. The molecule has 226 valence electrons. The quantitative estimate of drug-likeness (QED) is 0.128. The van der Waals surface area contributed by atoms with Gasteiger partial charge in [0, 0.05) is 33.1 Å². The van der Waals surface area contributed by atoms with Gasteiger partial charge in [0.15, 0.2) is 0 Å². The summed E-state index contributed by atoms with van der Waals surface area (Å²) in [5.41, 5.74) is 3.45. The molecule has 2 heterocycles. The van der Waals surface area contributed by atoms with Crippen LogP contribution in [0.15, 0.2) is 119 Å². The van der Waals surface area contributed by atoms with Gasteiger partial charge in [-0.2, -0.15) is 0 Å². The van der Waals surface area contributed by atoms with Crippen molar-refractivity contribution in [3.05, 3.63) is 131 Å². The molecule has 4 aromatic rings. The summed E-state index contributed by atoms with van der Waals surface area (Å²) < 4.78 is 0. The van der Waals surface area contributed by atoms with Crippen LogP contribution in [0.5, 0.6) is 0 Å². The van der Waals surface area contributed by atoms with Crippen LogP contribution in [0, 0.1) is 0 Å². The summed E-state index contributed by atoms with van der Waals surface area (Å²) in [6, 6.07) is 35.5. The number of hydrogen-bond acceptors (Lipinski definition) is 6. The van der Waals surface area contributed by atoms with Gasteiger partial charge >= 0.3 is 0 Å². The molecule has 0 bridgehead atoms. The summed E-state index contributed by atoms with van der Waals surface area (Å²) in [5.74, 6) is 2.26. The molecule has 2 aliphatic heterocycles. The van der Waals surface area contributed by atoms with Crippen molar-refractivity contribution in [3.63, 3.8) is 0 Å². The number of alkyl halides is 2. The third-order valence-corrected chi connectivity index (χ3v) is 13.6. The Kier molecular flexibility index (Phi) is 10.8. The molecule has 2 amide bonds. The van der Waals surface area contributed by atoms with Crippen molar-refractivity contribution in [3.8, 4) is 0 Å². The standard InChI is InChI=1S/C34H30Cl2N2O2S4/c35-19-25-21-41-33(23-11-3-1-4-12-23)37(25)31(39)27-15-7-9-17-29(27)43-44-30-18-10-8-16-28(30)32(40)38-26(20-36)22-42-34(38)24-13-5-2-6-14-24/h1-18,25-26,33-34H,19-22H2/t25-,26-,33?,34?/m1/s1. The van der Waals surface area contributed by atoms with Gasteiger partial charge in [0.25, 0.3) is 11.8 Å². The minimum Gasteiger partial charge on any atom is -0.317 e. The third-order valence-electron chi connectivity index (χ3n) is 7.64. The van der Waals surface area contributed by atoms with E-state index < -0.39 is 0 Å². The van der Waals surface area contributed by atoms with Crippen molar-refractivity contribution < 1.29 is 9.59 Å². The Balaban J connectivity index is 1.25. The fourth-order valence-electron chi connectivity index (χ4n) is 5.44. The molecule has 2 aliphatic rings. The largest absolute Gasteiger partial charge is 0.317 e. The van der Waals surface area contributed by atoms with E-state index in [1.807, 2.05) is 94.7 Å². The maximum Gasteiger partial charge on any atom is 0.256 e. The number of amides is 2. The predicted octanol–water partition coefficient (Wildman–Crippen LogP) is 9.48. The summed E-state index contributed by atoms with van der Waals surface area (Å²) in [4.78, 5) is 33.9. The highest BCUT2D eigenvalue weighted by Crippen LogP contribution is 2.47. The molecule has 4 aromatic carbocycles. The van der Waals surface area contributed by atoms with Gasteiger partial charge in [0.1, 0.15) is 10.7 Å². The van der Waals surface area contributed by atoms with Crippen LogP contribution in [0.4, 0.5) is 0 Å². The maximum absolute atomic E-state index is 14.2. The molecule has 4 nitrogen and oxygen atoms in total. The van der Waals surface area contributed by atoms with Crippen LogP contribution in [0.1, 0.15) is 42.6 Å². The van der Waals surface area contributed by atoms with Crippen LogP contribution in [0.25, 0.3) is 0 Å². The van der Waals surface area contributed by atoms with E-state index in [4.69, 9.17) is 23.2 Å². The summed E-state index contributed by atoms with van der Waals surface area (Å²) in [7, 11) is 3.00. The molecular formula is C34H30Cl2N2O2S4. The first kappa shape index (κ1) is 31.8. The van der Waals surface area contributed by atoms with E-state index >= 15 is 0 Å². The number of hydrogen-bond donors (Lipinski definition) is 0. The molecule has 44 heavy (non-hydrogen) atoms. The average molecular weight is 698 g/mol. The molecule has 2 unspecified atom stereocenters. The van der Waals surface area contributed by atoms with Gasteiger partial charge in [-0.3, -0.25) is 9.59 Å². The molecule has 0 aliphatic carbocycles. The lowest BCUT2D eigenvalue weighted by Crippen LogP contribution is -2.39. The molecule has 10 heteroatoms. The highest BCUT2D eigenvalue weighted by molar-refractivity contribution is 8.76. The summed E-state index contributed by atoms with van der Waals surface area (Å²) in [6.45, 7) is 0. The fourth-order valence-corrected chi connectivity index (χ4v) is 11.5. The van der Waals surface area contributed by atoms with Crippen LogP contribution in [0.2, 0.25) is 0 Å². The zero-order chi connectivity index (χ0) is 30.5. The molecule has 2 fully saturated rings. The lowest BCUT2D eigenvalue weighted by Gasteiger charge is -2.30. The SMILES string of the molecule is O=C(c1ccccc1SSc1ccccc1C(=O)N1C(c2ccccc2)SC[C@H]1CCl)N1C(c2ccccc2)SC[C@H]1CCl. The van der Waals surface area contributed by atoms with Gasteiger partial charge in [0.2, 0.25) is 0 Å². The highest BCUT2D eigenvalue weighted by Gasteiger charge is 2.40. The average Bonchev–Trinajstić information content (AvgIpc) is 3.72. The molecule has 2 saturated heterocycles. The molecule has 0 radical (unpaired) electrons. The molecule has 4 atom stereocenters. The molecule has 6 rings (SSSR count). The van der Waals surface area contributed by atoms with Crippen molar-refractivity contribution in [1.29, 1.82) is 0 Å². The van der Waals surface area contributed by atoms with Gasteiger partial charge in [-0.1, -0.05) is 107 Å². The Morgan fingerprint density at radius 2 is 0.955 bits per heavy atom. The number of carbonyl (C=O) groups excluding carboxylic acids is 2. The van der Waals surface area contributed by atoms with E-state index in [0.29, 0.717) is 22.9 Å². The number of halogens is 2. The Morgan fingerprint density at radius 3 is 1.34 bits per heavy atom. The molecule has 0 N–H and O–H groups in total. The van der Waals surface area contributed by atoms with Crippen LogP contribution in [-0.4, -0.2) is 57.0 Å². The number of carbonyl (C=O) groups is 2. The number of nitrogens with zero attached hydrogens (tertiary/aromatic N) is 2. The van der Waals surface area contributed by atoms with Gasteiger partial charge in [-0.25, -0.2) is 0 Å². The molecule has 0 spiro atoms. The summed E-state index contributed by atoms with van der Waals surface area (Å²) in [5, 5.41) is -0.190. The second-order valence-corrected chi connectivity index (χ2v) is 15.4. The van der Waals surface area contributed by atoms with Crippen LogP contribution < -0.4 is 0 Å². The first-order valence-electron chi connectivity index (χ1n) is 14.2. The Bertz CT molecular complexity index is 1480. The van der Waals surface area contributed by atoms with E-state index in [2.05, 4.69) is 24.3 Å². The summed E-state index contributed by atoms with van der Waals surface area (Å²) >= 11 is 16.2. The van der Waals surface area contributed by atoms with Gasteiger partial charge in [-0.15, -0.1) is 46.7 Å². The first-order chi connectivity index (χ1) is 21.6. The minimum absolute atomic E-state index is 0.0349. The van der Waals surface area contributed by atoms with Gasteiger partial charge in [-0.05, 0) is 35.4 Å². The normalized spacial score (nSPS) is 21.5. The highest BCUT2D eigenvalue weighted by atomic mass is 35.5. The monoisotopic (exact) mass is 696 g/mol. The van der Waals surface area contributed by atoms with E-state index in [-0.39, 0.29) is 34.6 Å². The van der Waals surface area contributed by atoms with Crippen molar-refractivity contribution >= 4 is 80.1 Å². The smallest absolute Gasteiger partial charge is 0.256 e. The van der Waals surface area contributed by atoms with Gasteiger partial charge < -0.3 is 9.80 Å². The van der Waals surface area contributed by atoms with E-state index in [1.165, 1.54) is 21.6 Å². The van der Waals surface area contributed by atoms with Crippen molar-refractivity contribution in [2.75, 3.05) is 23.3 Å². The second-order valence-electron chi connectivity index (χ2n) is 10.4. The maximum atomic E-state index is 14.2. The third kappa shape index (κ3) is 6.67. The van der Waals surface area contributed by atoms with Crippen molar-refractivity contribution in [2.45, 2.75) is 32.6 Å². The van der Waals surface area contributed by atoms with E-state index in [1.54, 1.807) is 23.5 Å². The topological polar surface area (TPSA) is 40.6 Å². The molecule has 0 aromatic heterocycles. The summed E-state index contributed by atoms with van der Waals surface area (Å²) in [6.07, 6.45) is 0. The first-order valence-corrected chi connectivity index (χ1v) is 19.5. The van der Waals surface area contributed by atoms with E-state index in [0.717, 1.165) is 32.4 Å². The Morgan fingerprint density at radius 1 is 0.591 bits per heavy atom.